The zero-order valence-corrected chi connectivity index (χ0v) is 6.73. The zero-order valence-electron chi connectivity index (χ0n) is 3.52. The molecular formula is C3H8NdO. The third-order valence-electron chi connectivity index (χ3n) is 0. The van der Waals surface area contributed by atoms with Crippen LogP contribution >= 0.6 is 0 Å². The molecule has 30 valence electrons. The first kappa shape index (κ1) is 9.58. The Kier molecular flexibility index (Phi) is 10.2. The van der Waals surface area contributed by atoms with Gasteiger partial charge in [0.1, 0.15) is 0 Å². The molecule has 0 amide bonds. The number of aliphatic hydroxyl groups excluding tert-OH is 1. The second-order valence-corrected chi connectivity index (χ2v) is 1.09. The van der Waals surface area contributed by atoms with Gasteiger partial charge < -0.3 is 5.11 Å². The molecule has 1 N–H and O–H groups in total. The van der Waals surface area contributed by atoms with Crippen molar-refractivity contribution in [3.05, 3.63) is 0 Å². The van der Waals surface area contributed by atoms with E-state index in [0.29, 0.717) is 0 Å². The molecule has 0 bridgehead atoms. The first-order valence-corrected chi connectivity index (χ1v) is 1.41. The third-order valence-corrected chi connectivity index (χ3v) is 0. The van der Waals surface area contributed by atoms with Crippen LogP contribution in [0.1, 0.15) is 13.8 Å². The van der Waals surface area contributed by atoms with Crippen LogP contribution in [0.5, 0.6) is 0 Å². The van der Waals surface area contributed by atoms with Gasteiger partial charge in [-0.2, -0.15) is 0 Å². The minimum absolute atomic E-state index is 0. The molecule has 0 radical (unpaired) electrons. The first-order valence-electron chi connectivity index (χ1n) is 1.41. The minimum Gasteiger partial charge on any atom is -0.394 e. The van der Waals surface area contributed by atoms with Crippen LogP contribution in [0.15, 0.2) is 0 Å². The Hall–Kier alpha value is 1.31. The smallest absolute Gasteiger partial charge is 0.0483 e. The number of hydrogen-bond acceptors (Lipinski definition) is 1. The Balaban J connectivity index is 0. The van der Waals surface area contributed by atoms with E-state index < -0.39 is 0 Å². The standard InChI is InChI=1S/C3H8O.Nd/c1-3(2)4;/h3-4H,1-2H3;. The molecule has 0 unspecified atom stereocenters. The molecule has 0 aromatic rings. The van der Waals surface area contributed by atoms with E-state index in [2.05, 4.69) is 0 Å². The average molecular weight is 204 g/mol. The molecule has 0 aliphatic carbocycles. The minimum atomic E-state index is -0.167. The molecule has 0 atom stereocenters. The predicted octanol–water partition coefficient (Wildman–Crippen LogP) is 0.387. The van der Waals surface area contributed by atoms with Crippen LogP contribution in [0, 0.1) is 40.8 Å². The Labute approximate surface area is 65.3 Å². The summed E-state index contributed by atoms with van der Waals surface area (Å²) in [6.45, 7) is 3.44. The van der Waals surface area contributed by atoms with Gasteiger partial charge >= 0.3 is 0 Å². The van der Waals surface area contributed by atoms with E-state index >= 15 is 0 Å². The summed E-state index contributed by atoms with van der Waals surface area (Å²) in [6, 6.07) is 0. The van der Waals surface area contributed by atoms with Crippen LogP contribution in [0.4, 0.5) is 0 Å². The summed E-state index contributed by atoms with van der Waals surface area (Å²) >= 11 is 0. The van der Waals surface area contributed by atoms with Crippen LogP contribution in [-0.4, -0.2) is 11.2 Å². The molecule has 0 aromatic carbocycles. The van der Waals surface area contributed by atoms with Crippen LogP contribution in [0.2, 0.25) is 0 Å². The van der Waals surface area contributed by atoms with Gasteiger partial charge in [0.2, 0.25) is 0 Å². The maximum absolute atomic E-state index is 8.06. The fourth-order valence-electron chi connectivity index (χ4n) is 0. The molecule has 0 fully saturated rings. The number of hydrogen-bond donors (Lipinski definition) is 1. The Morgan fingerprint density at radius 2 is 1.40 bits per heavy atom. The normalized spacial score (nSPS) is 7.20. The van der Waals surface area contributed by atoms with Crippen molar-refractivity contribution in [2.24, 2.45) is 0 Å². The van der Waals surface area contributed by atoms with Gasteiger partial charge in [-0.15, -0.1) is 0 Å². The molecule has 5 heavy (non-hydrogen) atoms. The molecule has 0 spiro atoms. The average Bonchev–Trinajstić information content (AvgIpc) is 0.811. The molecule has 0 rings (SSSR count). The summed E-state index contributed by atoms with van der Waals surface area (Å²) in [5.74, 6) is 0. The van der Waals surface area contributed by atoms with Gasteiger partial charge in [0, 0.05) is 46.9 Å². The van der Waals surface area contributed by atoms with E-state index in [1.165, 1.54) is 0 Å². The van der Waals surface area contributed by atoms with E-state index in [9.17, 15) is 0 Å². The summed E-state index contributed by atoms with van der Waals surface area (Å²) in [7, 11) is 0. The third kappa shape index (κ3) is 33.9. The van der Waals surface area contributed by atoms with Gasteiger partial charge in [0.25, 0.3) is 0 Å². The predicted molar refractivity (Wildman–Crippen MR) is 17.4 cm³/mol. The Bertz CT molecular complexity index is 11.6. The van der Waals surface area contributed by atoms with Gasteiger partial charge in [-0.1, -0.05) is 0 Å². The number of aliphatic hydroxyl groups is 1. The van der Waals surface area contributed by atoms with Crippen molar-refractivity contribution in [2.45, 2.75) is 20.0 Å². The van der Waals surface area contributed by atoms with Crippen molar-refractivity contribution in [1.29, 1.82) is 0 Å². The molecule has 0 saturated heterocycles. The van der Waals surface area contributed by atoms with Crippen LogP contribution in [0.25, 0.3) is 0 Å². The fraction of sp³-hybridized carbons (Fsp3) is 1.00. The summed E-state index contributed by atoms with van der Waals surface area (Å²) in [5, 5.41) is 8.06. The van der Waals surface area contributed by atoms with Crippen LogP contribution in [-0.2, 0) is 0 Å². The Morgan fingerprint density at radius 3 is 1.40 bits per heavy atom. The van der Waals surface area contributed by atoms with Crippen molar-refractivity contribution in [1.82, 2.24) is 0 Å². The van der Waals surface area contributed by atoms with Gasteiger partial charge in [-0.05, 0) is 13.8 Å². The summed E-state index contributed by atoms with van der Waals surface area (Å²) in [6.07, 6.45) is -0.167. The van der Waals surface area contributed by atoms with Gasteiger partial charge in [-0.3, -0.25) is 0 Å². The fourth-order valence-corrected chi connectivity index (χ4v) is 0. The molecule has 1 nitrogen and oxygen atoms in total. The van der Waals surface area contributed by atoms with E-state index in [0.717, 1.165) is 0 Å². The first-order chi connectivity index (χ1) is 1.73. The second-order valence-electron chi connectivity index (χ2n) is 1.09. The monoisotopic (exact) mass is 202 g/mol. The molecule has 2 heteroatoms. The topological polar surface area (TPSA) is 20.2 Å². The summed E-state index contributed by atoms with van der Waals surface area (Å²) < 4.78 is 0. The van der Waals surface area contributed by atoms with Crippen molar-refractivity contribution in [3.63, 3.8) is 0 Å². The van der Waals surface area contributed by atoms with Gasteiger partial charge in [-0.25, -0.2) is 0 Å². The molecule has 0 aliphatic rings. The van der Waals surface area contributed by atoms with Crippen LogP contribution in [0.3, 0.4) is 0 Å². The maximum atomic E-state index is 8.06. The maximum Gasteiger partial charge on any atom is 0.0483 e. The van der Waals surface area contributed by atoms with E-state index in [4.69, 9.17) is 5.11 Å². The SMILES string of the molecule is CC(C)O.[Nd]. The molecule has 0 aliphatic heterocycles. The van der Waals surface area contributed by atoms with Crippen molar-refractivity contribution in [3.8, 4) is 0 Å². The quantitative estimate of drug-likeness (QED) is 0.605. The van der Waals surface area contributed by atoms with Crippen molar-refractivity contribution in [2.75, 3.05) is 0 Å². The van der Waals surface area contributed by atoms with Crippen LogP contribution < -0.4 is 0 Å². The zero-order chi connectivity index (χ0) is 3.58. The number of rotatable bonds is 0. The molecule has 0 aromatic heterocycles. The van der Waals surface area contributed by atoms with E-state index in [-0.39, 0.29) is 46.9 Å². The van der Waals surface area contributed by atoms with Gasteiger partial charge in [0.05, 0.1) is 0 Å². The summed E-state index contributed by atoms with van der Waals surface area (Å²) in [5.41, 5.74) is 0. The molecule has 0 heterocycles. The second kappa shape index (κ2) is 5.31. The Morgan fingerprint density at radius 1 is 1.40 bits per heavy atom. The summed E-state index contributed by atoms with van der Waals surface area (Å²) in [4.78, 5) is 0. The largest absolute Gasteiger partial charge is 0.394 e. The van der Waals surface area contributed by atoms with Crippen molar-refractivity contribution >= 4 is 0 Å². The molecular weight excluding hydrogens is 196 g/mol. The van der Waals surface area contributed by atoms with E-state index in [1.807, 2.05) is 0 Å². The van der Waals surface area contributed by atoms with E-state index in [1.54, 1.807) is 13.8 Å². The van der Waals surface area contributed by atoms with Crippen molar-refractivity contribution < 1.29 is 45.9 Å². The van der Waals surface area contributed by atoms with Gasteiger partial charge in [0.15, 0.2) is 0 Å². The molecule has 0 saturated carbocycles.